The molecule has 102 valence electrons. The summed E-state index contributed by atoms with van der Waals surface area (Å²) >= 11 is 1.68. The molecule has 0 spiro atoms. The fourth-order valence-corrected chi connectivity index (χ4v) is 4.12. The monoisotopic (exact) mass is 286 g/mol. The van der Waals surface area contributed by atoms with E-state index in [2.05, 4.69) is 20.2 Å². The third-order valence-corrected chi connectivity index (χ3v) is 5.03. The molecule has 1 aliphatic rings. The standard InChI is InChI=1S/C14H14N4OS/c19-13-11-9-4-2-1-3-5-10(9)20-14(11)18-12(17-13)8-6-15-16-7-8/h6-7H,1-5H2,(H,15,16)(H,17,18,19). The topological polar surface area (TPSA) is 74.4 Å². The third kappa shape index (κ3) is 1.79. The summed E-state index contributed by atoms with van der Waals surface area (Å²) in [5, 5.41) is 7.45. The second kappa shape index (κ2) is 4.56. The van der Waals surface area contributed by atoms with E-state index in [1.807, 2.05) is 0 Å². The SMILES string of the molecule is O=c1[nH]c(-c2cn[nH]c2)nc2sc3c(c12)CCCCC3. The number of nitrogens with one attached hydrogen (secondary N) is 2. The van der Waals surface area contributed by atoms with Crippen molar-refractivity contribution in [3.8, 4) is 11.4 Å². The molecule has 3 aromatic heterocycles. The number of hydrogen-bond acceptors (Lipinski definition) is 4. The van der Waals surface area contributed by atoms with Gasteiger partial charge in [0.05, 0.1) is 17.1 Å². The zero-order valence-electron chi connectivity index (χ0n) is 10.9. The minimum atomic E-state index is -0.0226. The first-order chi connectivity index (χ1) is 9.83. The summed E-state index contributed by atoms with van der Waals surface area (Å²) in [6.45, 7) is 0. The summed E-state index contributed by atoms with van der Waals surface area (Å²) in [7, 11) is 0. The fraction of sp³-hybridized carbons (Fsp3) is 0.357. The number of hydrogen-bond donors (Lipinski definition) is 2. The molecule has 0 radical (unpaired) electrons. The predicted octanol–water partition coefficient (Wildman–Crippen LogP) is 2.64. The number of H-pyrrole nitrogens is 2. The Labute approximate surface area is 119 Å². The van der Waals surface area contributed by atoms with E-state index in [4.69, 9.17) is 0 Å². The lowest BCUT2D eigenvalue weighted by Crippen LogP contribution is -2.09. The third-order valence-electron chi connectivity index (χ3n) is 3.85. The van der Waals surface area contributed by atoms with Gasteiger partial charge >= 0.3 is 0 Å². The van der Waals surface area contributed by atoms with Crippen LogP contribution in [-0.4, -0.2) is 20.2 Å². The van der Waals surface area contributed by atoms with Crippen molar-refractivity contribution in [2.75, 3.05) is 0 Å². The maximum atomic E-state index is 12.4. The molecule has 1 aliphatic carbocycles. The molecule has 0 aliphatic heterocycles. The van der Waals surface area contributed by atoms with Gasteiger partial charge in [-0.15, -0.1) is 11.3 Å². The zero-order chi connectivity index (χ0) is 13.5. The summed E-state index contributed by atoms with van der Waals surface area (Å²) in [5.41, 5.74) is 2.02. The summed E-state index contributed by atoms with van der Waals surface area (Å²) in [6.07, 6.45) is 9.13. The average molecular weight is 286 g/mol. The summed E-state index contributed by atoms with van der Waals surface area (Å²) < 4.78 is 0. The van der Waals surface area contributed by atoms with E-state index in [0.29, 0.717) is 5.82 Å². The second-order valence-electron chi connectivity index (χ2n) is 5.15. The van der Waals surface area contributed by atoms with Gasteiger partial charge in [-0.05, 0) is 31.2 Å². The normalized spacial score (nSPS) is 15.2. The van der Waals surface area contributed by atoms with Crippen LogP contribution >= 0.6 is 11.3 Å². The molecular weight excluding hydrogens is 272 g/mol. The first kappa shape index (κ1) is 11.8. The number of thiophene rings is 1. The summed E-state index contributed by atoms with van der Waals surface area (Å²) in [6, 6.07) is 0. The van der Waals surface area contributed by atoms with E-state index in [-0.39, 0.29) is 5.56 Å². The molecular formula is C14H14N4OS. The minimum absolute atomic E-state index is 0.0226. The Balaban J connectivity index is 1.96. The van der Waals surface area contributed by atoms with Crippen molar-refractivity contribution in [1.82, 2.24) is 20.2 Å². The van der Waals surface area contributed by atoms with Crippen molar-refractivity contribution in [3.63, 3.8) is 0 Å². The van der Waals surface area contributed by atoms with Gasteiger partial charge in [0, 0.05) is 11.1 Å². The first-order valence-electron chi connectivity index (χ1n) is 6.86. The predicted molar refractivity (Wildman–Crippen MR) is 79.1 cm³/mol. The molecule has 4 rings (SSSR count). The van der Waals surface area contributed by atoms with Crippen LogP contribution in [0.15, 0.2) is 17.2 Å². The largest absolute Gasteiger partial charge is 0.306 e. The molecule has 0 fully saturated rings. The van der Waals surface area contributed by atoms with Crippen LogP contribution in [0.4, 0.5) is 0 Å². The highest BCUT2D eigenvalue weighted by molar-refractivity contribution is 7.18. The summed E-state index contributed by atoms with van der Waals surface area (Å²) in [4.78, 5) is 22.1. The van der Waals surface area contributed by atoms with E-state index in [9.17, 15) is 4.79 Å². The van der Waals surface area contributed by atoms with Crippen LogP contribution in [0.1, 0.15) is 29.7 Å². The highest BCUT2D eigenvalue weighted by atomic mass is 32.1. The van der Waals surface area contributed by atoms with Gasteiger partial charge < -0.3 is 4.98 Å². The van der Waals surface area contributed by atoms with E-state index in [0.717, 1.165) is 28.6 Å². The number of aromatic amines is 2. The van der Waals surface area contributed by atoms with Crippen molar-refractivity contribution in [3.05, 3.63) is 33.2 Å². The lowest BCUT2D eigenvalue weighted by Gasteiger charge is -1.99. The van der Waals surface area contributed by atoms with Crippen LogP contribution < -0.4 is 5.56 Å². The molecule has 3 heterocycles. The van der Waals surface area contributed by atoms with E-state index in [1.54, 1.807) is 23.7 Å². The van der Waals surface area contributed by atoms with Crippen LogP contribution in [0.2, 0.25) is 0 Å². The quantitative estimate of drug-likeness (QED) is 0.675. The molecule has 6 heteroatoms. The molecule has 0 saturated carbocycles. The van der Waals surface area contributed by atoms with Crippen molar-refractivity contribution >= 4 is 21.6 Å². The van der Waals surface area contributed by atoms with Crippen LogP contribution in [0, 0.1) is 0 Å². The van der Waals surface area contributed by atoms with Gasteiger partial charge in [-0.2, -0.15) is 5.10 Å². The van der Waals surface area contributed by atoms with Gasteiger partial charge in [0.1, 0.15) is 10.7 Å². The van der Waals surface area contributed by atoms with Crippen LogP contribution in [-0.2, 0) is 12.8 Å². The smallest absolute Gasteiger partial charge is 0.260 e. The average Bonchev–Trinajstić information content (AvgIpc) is 3.02. The Morgan fingerprint density at radius 1 is 1.20 bits per heavy atom. The zero-order valence-corrected chi connectivity index (χ0v) is 11.7. The number of aromatic nitrogens is 4. The highest BCUT2D eigenvalue weighted by Crippen LogP contribution is 2.33. The Bertz CT molecular complexity index is 816. The molecule has 0 saturated heterocycles. The van der Waals surface area contributed by atoms with Crippen molar-refractivity contribution in [2.24, 2.45) is 0 Å². The molecule has 5 nitrogen and oxygen atoms in total. The fourth-order valence-electron chi connectivity index (χ4n) is 2.86. The van der Waals surface area contributed by atoms with Gasteiger partial charge in [0.15, 0.2) is 0 Å². The highest BCUT2D eigenvalue weighted by Gasteiger charge is 2.19. The second-order valence-corrected chi connectivity index (χ2v) is 6.23. The van der Waals surface area contributed by atoms with E-state index in [1.165, 1.54) is 29.7 Å². The maximum Gasteiger partial charge on any atom is 0.260 e. The van der Waals surface area contributed by atoms with E-state index >= 15 is 0 Å². The lowest BCUT2D eigenvalue weighted by atomic mass is 10.1. The molecule has 0 bridgehead atoms. The van der Waals surface area contributed by atoms with Crippen LogP contribution in [0.25, 0.3) is 21.6 Å². The molecule has 0 aromatic carbocycles. The van der Waals surface area contributed by atoms with E-state index < -0.39 is 0 Å². The summed E-state index contributed by atoms with van der Waals surface area (Å²) in [5.74, 6) is 0.590. The Morgan fingerprint density at radius 3 is 2.95 bits per heavy atom. The van der Waals surface area contributed by atoms with Gasteiger partial charge in [0.2, 0.25) is 0 Å². The number of aryl methyl sites for hydroxylation is 2. The molecule has 0 unspecified atom stereocenters. The van der Waals surface area contributed by atoms with Gasteiger partial charge in [0.25, 0.3) is 5.56 Å². The van der Waals surface area contributed by atoms with Crippen LogP contribution in [0.3, 0.4) is 0 Å². The molecule has 0 amide bonds. The lowest BCUT2D eigenvalue weighted by molar-refractivity contribution is 0.713. The Kier molecular flexibility index (Phi) is 2.70. The number of rotatable bonds is 1. The van der Waals surface area contributed by atoms with Gasteiger partial charge in [-0.3, -0.25) is 9.89 Å². The molecule has 2 N–H and O–H groups in total. The van der Waals surface area contributed by atoms with Crippen molar-refractivity contribution in [2.45, 2.75) is 32.1 Å². The molecule has 3 aromatic rings. The minimum Gasteiger partial charge on any atom is -0.306 e. The maximum absolute atomic E-state index is 12.4. The van der Waals surface area contributed by atoms with Crippen molar-refractivity contribution in [1.29, 1.82) is 0 Å². The first-order valence-corrected chi connectivity index (χ1v) is 7.68. The Morgan fingerprint density at radius 2 is 2.10 bits per heavy atom. The van der Waals surface area contributed by atoms with Gasteiger partial charge in [-0.1, -0.05) is 6.42 Å². The number of nitrogens with zero attached hydrogens (tertiary/aromatic N) is 2. The molecule has 0 atom stereocenters. The van der Waals surface area contributed by atoms with Crippen LogP contribution in [0.5, 0.6) is 0 Å². The molecule has 20 heavy (non-hydrogen) atoms. The number of fused-ring (bicyclic) bond motifs is 3. The van der Waals surface area contributed by atoms with Gasteiger partial charge in [-0.25, -0.2) is 4.98 Å². The van der Waals surface area contributed by atoms with Crippen molar-refractivity contribution < 1.29 is 0 Å². The Hall–Kier alpha value is -1.95.